The average Bonchev–Trinajstić information content (AvgIpc) is 3.15. The Balaban J connectivity index is 1.45. The van der Waals surface area contributed by atoms with Crippen molar-refractivity contribution in [2.45, 2.75) is 25.9 Å². The van der Waals surface area contributed by atoms with Crippen molar-refractivity contribution in [3.05, 3.63) is 78.9 Å². The number of hydrogen-bond donors (Lipinski definition) is 2. The van der Waals surface area contributed by atoms with Crippen LogP contribution in [0.25, 0.3) is 0 Å². The maximum atomic E-state index is 12.2. The molecule has 0 bridgehead atoms. The fourth-order valence-corrected chi connectivity index (χ4v) is 2.74. The Bertz CT molecular complexity index is 834. The van der Waals surface area contributed by atoms with Crippen LogP contribution < -0.4 is 15.4 Å². The van der Waals surface area contributed by atoms with Crippen LogP contribution in [-0.4, -0.2) is 28.2 Å². The molecule has 6 nitrogen and oxygen atoms in total. The number of anilines is 1. The van der Waals surface area contributed by atoms with E-state index in [1.165, 1.54) is 5.56 Å². The Morgan fingerprint density at radius 1 is 1.19 bits per heavy atom. The van der Waals surface area contributed by atoms with E-state index in [4.69, 9.17) is 4.74 Å². The van der Waals surface area contributed by atoms with E-state index in [0.717, 1.165) is 12.2 Å². The fourth-order valence-electron chi connectivity index (χ4n) is 2.74. The zero-order chi connectivity index (χ0) is 18.9. The van der Waals surface area contributed by atoms with E-state index in [-0.39, 0.29) is 12.1 Å². The summed E-state index contributed by atoms with van der Waals surface area (Å²) in [4.78, 5) is 16.2. The summed E-state index contributed by atoms with van der Waals surface area (Å²) in [6, 6.07) is 17.3. The SMILES string of the molecule is C[C@H](Cn1ccnc1)NC(=O)Nc1cccc(OCCc2ccccc2)c1. The molecule has 0 aliphatic carbocycles. The first-order valence-electron chi connectivity index (χ1n) is 8.99. The number of amides is 2. The number of imidazole rings is 1. The van der Waals surface area contributed by atoms with Gasteiger partial charge in [0.25, 0.3) is 0 Å². The lowest BCUT2D eigenvalue weighted by atomic mass is 10.2. The van der Waals surface area contributed by atoms with Gasteiger partial charge in [0.1, 0.15) is 5.75 Å². The Hall–Kier alpha value is -3.28. The molecule has 3 rings (SSSR count). The molecule has 2 aromatic carbocycles. The summed E-state index contributed by atoms with van der Waals surface area (Å²) < 4.78 is 7.72. The highest BCUT2D eigenvalue weighted by Crippen LogP contribution is 2.17. The van der Waals surface area contributed by atoms with E-state index in [1.807, 2.05) is 60.2 Å². The van der Waals surface area contributed by atoms with Crippen molar-refractivity contribution in [2.75, 3.05) is 11.9 Å². The van der Waals surface area contributed by atoms with Gasteiger partial charge in [-0.3, -0.25) is 0 Å². The lowest BCUT2D eigenvalue weighted by molar-refractivity contribution is 0.248. The van der Waals surface area contributed by atoms with Crippen molar-refractivity contribution in [3.8, 4) is 5.75 Å². The first kappa shape index (κ1) is 18.5. The molecule has 0 aliphatic rings. The first-order valence-corrected chi connectivity index (χ1v) is 8.99. The molecular weight excluding hydrogens is 340 g/mol. The second kappa shape index (κ2) is 9.43. The Morgan fingerprint density at radius 3 is 2.81 bits per heavy atom. The molecule has 0 saturated carbocycles. The van der Waals surface area contributed by atoms with E-state index in [0.29, 0.717) is 18.8 Å². The maximum Gasteiger partial charge on any atom is 0.319 e. The number of aromatic nitrogens is 2. The Kier molecular flexibility index (Phi) is 6.46. The summed E-state index contributed by atoms with van der Waals surface area (Å²) in [5, 5.41) is 5.76. The molecule has 0 unspecified atom stereocenters. The highest BCUT2D eigenvalue weighted by Gasteiger charge is 2.08. The predicted molar refractivity (Wildman–Crippen MR) is 106 cm³/mol. The van der Waals surface area contributed by atoms with Gasteiger partial charge in [0.05, 0.1) is 12.9 Å². The maximum absolute atomic E-state index is 12.2. The Labute approximate surface area is 159 Å². The number of ether oxygens (including phenoxy) is 1. The number of benzene rings is 2. The van der Waals surface area contributed by atoms with Crippen molar-refractivity contribution in [1.82, 2.24) is 14.9 Å². The third-order valence-corrected chi connectivity index (χ3v) is 4.02. The van der Waals surface area contributed by atoms with Crippen LogP contribution in [0, 0.1) is 0 Å². The zero-order valence-corrected chi connectivity index (χ0v) is 15.3. The normalized spacial score (nSPS) is 11.6. The minimum absolute atomic E-state index is 0.0236. The van der Waals surface area contributed by atoms with E-state index >= 15 is 0 Å². The lowest BCUT2D eigenvalue weighted by Gasteiger charge is -2.15. The van der Waals surface area contributed by atoms with Crippen molar-refractivity contribution < 1.29 is 9.53 Å². The molecule has 6 heteroatoms. The number of hydrogen-bond acceptors (Lipinski definition) is 3. The third-order valence-electron chi connectivity index (χ3n) is 4.02. The smallest absolute Gasteiger partial charge is 0.319 e. The van der Waals surface area contributed by atoms with Gasteiger partial charge < -0.3 is 19.9 Å². The second-order valence-corrected chi connectivity index (χ2v) is 6.37. The first-order chi connectivity index (χ1) is 13.2. The van der Waals surface area contributed by atoms with Gasteiger partial charge in [0.15, 0.2) is 0 Å². The quantitative estimate of drug-likeness (QED) is 0.640. The van der Waals surface area contributed by atoms with Crippen LogP contribution in [0.2, 0.25) is 0 Å². The van der Waals surface area contributed by atoms with Gasteiger partial charge in [-0.05, 0) is 24.6 Å². The molecule has 1 atom stereocenters. The van der Waals surface area contributed by atoms with Gasteiger partial charge in [-0.2, -0.15) is 0 Å². The molecule has 2 N–H and O–H groups in total. The molecule has 0 aliphatic heterocycles. The van der Waals surface area contributed by atoms with E-state index in [1.54, 1.807) is 12.5 Å². The van der Waals surface area contributed by atoms with Gasteiger partial charge in [0, 0.05) is 43.2 Å². The molecule has 1 heterocycles. The average molecular weight is 364 g/mol. The van der Waals surface area contributed by atoms with Crippen LogP contribution in [0.3, 0.4) is 0 Å². The number of rotatable bonds is 8. The standard InChI is InChI=1S/C21H24N4O2/c1-17(15-25-12-11-22-16-25)23-21(26)24-19-8-5-9-20(14-19)27-13-10-18-6-3-2-4-7-18/h2-9,11-12,14,16-17H,10,13,15H2,1H3,(H2,23,24,26)/t17-/m1/s1. The molecule has 0 radical (unpaired) electrons. The highest BCUT2D eigenvalue weighted by atomic mass is 16.5. The van der Waals surface area contributed by atoms with Crippen LogP contribution in [0.1, 0.15) is 12.5 Å². The summed E-state index contributed by atoms with van der Waals surface area (Å²) >= 11 is 0. The monoisotopic (exact) mass is 364 g/mol. The summed E-state index contributed by atoms with van der Waals surface area (Å²) in [6.45, 7) is 3.19. The summed E-state index contributed by atoms with van der Waals surface area (Å²) in [6.07, 6.45) is 6.15. The molecule has 2 amide bonds. The summed E-state index contributed by atoms with van der Waals surface area (Å²) in [5.41, 5.74) is 1.93. The van der Waals surface area contributed by atoms with Crippen molar-refractivity contribution >= 4 is 11.7 Å². The molecule has 27 heavy (non-hydrogen) atoms. The van der Waals surface area contributed by atoms with Crippen molar-refractivity contribution in [1.29, 1.82) is 0 Å². The minimum atomic E-state index is -0.246. The number of carbonyl (C=O) groups is 1. The van der Waals surface area contributed by atoms with Crippen LogP contribution in [0.15, 0.2) is 73.3 Å². The van der Waals surface area contributed by atoms with Crippen molar-refractivity contribution in [3.63, 3.8) is 0 Å². The topological polar surface area (TPSA) is 68.2 Å². The molecule has 1 aromatic heterocycles. The van der Waals surface area contributed by atoms with Gasteiger partial charge in [-0.15, -0.1) is 0 Å². The summed E-state index contributed by atoms with van der Waals surface area (Å²) in [5.74, 6) is 0.732. The fraction of sp³-hybridized carbons (Fsp3) is 0.238. The highest BCUT2D eigenvalue weighted by molar-refractivity contribution is 5.89. The molecule has 140 valence electrons. The molecule has 0 spiro atoms. The Morgan fingerprint density at radius 2 is 2.04 bits per heavy atom. The van der Waals surface area contributed by atoms with Gasteiger partial charge in [-0.1, -0.05) is 36.4 Å². The third kappa shape index (κ3) is 6.18. The summed E-state index contributed by atoms with van der Waals surface area (Å²) in [7, 11) is 0. The lowest BCUT2D eigenvalue weighted by Crippen LogP contribution is -2.38. The molecule has 3 aromatic rings. The zero-order valence-electron chi connectivity index (χ0n) is 15.3. The number of nitrogens with one attached hydrogen (secondary N) is 2. The molecule has 0 fully saturated rings. The van der Waals surface area contributed by atoms with E-state index in [2.05, 4.69) is 27.8 Å². The van der Waals surface area contributed by atoms with Gasteiger partial charge >= 0.3 is 6.03 Å². The largest absolute Gasteiger partial charge is 0.493 e. The molecular formula is C21H24N4O2. The molecule has 0 saturated heterocycles. The second-order valence-electron chi connectivity index (χ2n) is 6.37. The number of carbonyl (C=O) groups excluding carboxylic acids is 1. The van der Waals surface area contributed by atoms with Gasteiger partial charge in [0.2, 0.25) is 0 Å². The van der Waals surface area contributed by atoms with E-state index < -0.39 is 0 Å². The van der Waals surface area contributed by atoms with Crippen molar-refractivity contribution in [2.24, 2.45) is 0 Å². The van der Waals surface area contributed by atoms with Gasteiger partial charge in [-0.25, -0.2) is 9.78 Å². The predicted octanol–water partition coefficient (Wildman–Crippen LogP) is 3.71. The van der Waals surface area contributed by atoms with Crippen LogP contribution in [-0.2, 0) is 13.0 Å². The van der Waals surface area contributed by atoms with Crippen LogP contribution in [0.4, 0.5) is 10.5 Å². The number of nitrogens with zero attached hydrogens (tertiary/aromatic N) is 2. The minimum Gasteiger partial charge on any atom is -0.493 e. The van der Waals surface area contributed by atoms with E-state index in [9.17, 15) is 4.79 Å². The number of urea groups is 1. The van der Waals surface area contributed by atoms with Crippen LogP contribution in [0.5, 0.6) is 5.75 Å². The van der Waals surface area contributed by atoms with Crippen LogP contribution >= 0.6 is 0 Å².